The first-order valence-corrected chi connectivity index (χ1v) is 4.78. The first-order valence-electron chi connectivity index (χ1n) is 4.38. The van der Waals surface area contributed by atoms with Gasteiger partial charge in [0.15, 0.2) is 0 Å². The molecule has 0 N–H and O–H groups in total. The summed E-state index contributed by atoms with van der Waals surface area (Å²) in [5.74, 6) is 1.86. The summed E-state index contributed by atoms with van der Waals surface area (Å²) in [6.45, 7) is 4.96. The van der Waals surface area contributed by atoms with Gasteiger partial charge in [-0.1, -0.05) is 12.8 Å². The fraction of sp³-hybridized carbons (Fsp3) is 1.00. The van der Waals surface area contributed by atoms with Crippen molar-refractivity contribution in [2.45, 2.75) is 6.42 Å². The van der Waals surface area contributed by atoms with E-state index in [1.165, 1.54) is 32.6 Å². The van der Waals surface area contributed by atoms with Crippen LogP contribution in [0.2, 0.25) is 0 Å². The summed E-state index contributed by atoms with van der Waals surface area (Å²) in [6.07, 6.45) is 1.35. The van der Waals surface area contributed by atoms with Crippen molar-refractivity contribution in [2.24, 2.45) is 11.8 Å². The van der Waals surface area contributed by atoms with E-state index in [4.69, 9.17) is 0 Å². The number of nitrogens with zero attached hydrogens (tertiary/aromatic N) is 2. The summed E-state index contributed by atoms with van der Waals surface area (Å²) in [4.78, 5) is 2.45. The Bertz CT molecular complexity index is 151. The van der Waals surface area contributed by atoms with Gasteiger partial charge in [-0.3, -0.25) is 4.31 Å². The van der Waals surface area contributed by atoms with Crippen molar-refractivity contribution in [3.63, 3.8) is 0 Å². The largest absolute Gasteiger partial charge is 0.306 e. The van der Waals surface area contributed by atoms with Gasteiger partial charge in [0, 0.05) is 26.2 Å². The van der Waals surface area contributed by atoms with Crippen LogP contribution in [-0.2, 0) is 0 Å². The molecule has 2 aliphatic heterocycles. The Morgan fingerprint density at radius 1 is 1.18 bits per heavy atom. The van der Waals surface area contributed by atoms with Crippen LogP contribution in [0.25, 0.3) is 0 Å². The van der Waals surface area contributed by atoms with E-state index in [1.54, 1.807) is 0 Å². The van der Waals surface area contributed by atoms with Gasteiger partial charge in [-0.2, -0.15) is 0 Å². The van der Waals surface area contributed by atoms with E-state index in [9.17, 15) is 0 Å². The lowest BCUT2D eigenvalue weighted by atomic mass is 9.90. The molecule has 0 aromatic rings. The summed E-state index contributed by atoms with van der Waals surface area (Å²) in [7, 11) is 2.22. The predicted octanol–water partition coefficient (Wildman–Crippen LogP) is 0.715. The third-order valence-electron chi connectivity index (χ3n) is 2.96. The van der Waals surface area contributed by atoms with Crippen molar-refractivity contribution in [3.05, 3.63) is 0 Å². The highest BCUT2D eigenvalue weighted by Gasteiger charge is 2.34. The molecule has 2 atom stereocenters. The molecule has 0 amide bonds. The van der Waals surface area contributed by atoms with Crippen LogP contribution in [0, 0.1) is 11.8 Å². The van der Waals surface area contributed by atoms with Crippen LogP contribution in [0.4, 0.5) is 0 Å². The number of thiol groups is 1. The Balaban J connectivity index is 1.97. The number of likely N-dealkylation sites (tertiary alicyclic amines) is 1. The Morgan fingerprint density at radius 3 is 2.73 bits per heavy atom. The van der Waals surface area contributed by atoms with Gasteiger partial charge in [0.25, 0.3) is 0 Å². The molecule has 0 spiro atoms. The lowest BCUT2D eigenvalue weighted by Gasteiger charge is -2.30. The third-order valence-corrected chi connectivity index (χ3v) is 3.33. The van der Waals surface area contributed by atoms with Gasteiger partial charge in [0.2, 0.25) is 0 Å². The summed E-state index contributed by atoms with van der Waals surface area (Å²) in [6, 6.07) is 0. The molecule has 2 nitrogen and oxygen atoms in total. The van der Waals surface area contributed by atoms with Gasteiger partial charge in [-0.05, 0) is 25.3 Å². The van der Waals surface area contributed by atoms with Crippen LogP contribution in [0.15, 0.2) is 0 Å². The first kappa shape index (κ1) is 7.90. The number of fused-ring (bicyclic) bond motifs is 1. The van der Waals surface area contributed by atoms with Crippen LogP contribution < -0.4 is 0 Å². The Hall–Kier alpha value is 0.270. The molecule has 2 saturated heterocycles. The lowest BCUT2D eigenvalue weighted by Crippen LogP contribution is -2.34. The number of hydrogen-bond donors (Lipinski definition) is 1. The van der Waals surface area contributed by atoms with Gasteiger partial charge < -0.3 is 4.90 Å². The fourth-order valence-electron chi connectivity index (χ4n) is 2.38. The number of rotatable bonds is 0. The molecule has 0 bridgehead atoms. The molecular weight excluding hydrogens is 156 g/mol. The molecule has 64 valence electrons. The standard InChI is InChI=1S/C8H16N2S/c1-9-4-7-2-3-10(11)6-8(7)5-9/h7-8,11H,2-6H2,1H3. The minimum atomic E-state index is 0.895. The van der Waals surface area contributed by atoms with Crippen LogP contribution in [-0.4, -0.2) is 42.4 Å². The number of piperidine rings is 1. The van der Waals surface area contributed by atoms with Crippen molar-refractivity contribution in [1.29, 1.82) is 0 Å². The quantitative estimate of drug-likeness (QED) is 0.538. The molecule has 2 rings (SSSR count). The van der Waals surface area contributed by atoms with Crippen LogP contribution in [0.1, 0.15) is 6.42 Å². The van der Waals surface area contributed by atoms with Crippen LogP contribution >= 0.6 is 12.8 Å². The zero-order valence-corrected chi connectivity index (χ0v) is 7.93. The maximum Gasteiger partial charge on any atom is 0.0131 e. The second-order valence-electron chi connectivity index (χ2n) is 3.94. The summed E-state index contributed by atoms with van der Waals surface area (Å²) in [5, 5.41) is 0. The van der Waals surface area contributed by atoms with E-state index in [1.807, 2.05) is 0 Å². The molecule has 2 fully saturated rings. The predicted molar refractivity (Wildman–Crippen MR) is 49.7 cm³/mol. The molecule has 2 unspecified atom stereocenters. The fourth-order valence-corrected chi connectivity index (χ4v) is 2.71. The first-order chi connectivity index (χ1) is 5.25. The highest BCUT2D eigenvalue weighted by Crippen LogP contribution is 2.30. The van der Waals surface area contributed by atoms with E-state index in [-0.39, 0.29) is 0 Å². The highest BCUT2D eigenvalue weighted by atomic mass is 32.1. The van der Waals surface area contributed by atoms with Gasteiger partial charge in [-0.25, -0.2) is 0 Å². The summed E-state index contributed by atoms with van der Waals surface area (Å²) >= 11 is 4.39. The Labute approximate surface area is 74.1 Å². The Kier molecular flexibility index (Phi) is 2.12. The molecule has 0 radical (unpaired) electrons. The van der Waals surface area contributed by atoms with E-state index in [0.29, 0.717) is 0 Å². The van der Waals surface area contributed by atoms with E-state index < -0.39 is 0 Å². The monoisotopic (exact) mass is 172 g/mol. The number of hydrogen-bond acceptors (Lipinski definition) is 3. The lowest BCUT2D eigenvalue weighted by molar-refractivity contribution is 0.244. The molecule has 2 aliphatic rings. The third kappa shape index (κ3) is 1.55. The van der Waals surface area contributed by atoms with Gasteiger partial charge in [0.1, 0.15) is 0 Å². The van der Waals surface area contributed by atoms with Crippen molar-refractivity contribution in [3.8, 4) is 0 Å². The van der Waals surface area contributed by atoms with E-state index in [0.717, 1.165) is 11.8 Å². The molecule has 0 aliphatic carbocycles. The van der Waals surface area contributed by atoms with E-state index in [2.05, 4.69) is 29.1 Å². The second-order valence-corrected chi connectivity index (χ2v) is 4.51. The molecule has 0 saturated carbocycles. The minimum Gasteiger partial charge on any atom is -0.306 e. The SMILES string of the molecule is CN1CC2CCN(S)CC2C1. The van der Waals surface area contributed by atoms with Gasteiger partial charge in [0.05, 0.1) is 0 Å². The van der Waals surface area contributed by atoms with Gasteiger partial charge in [-0.15, -0.1) is 0 Å². The molecule has 11 heavy (non-hydrogen) atoms. The average Bonchev–Trinajstić information content (AvgIpc) is 2.27. The topological polar surface area (TPSA) is 6.48 Å². The average molecular weight is 172 g/mol. The molecular formula is C8H16N2S. The van der Waals surface area contributed by atoms with Crippen molar-refractivity contribution in [1.82, 2.24) is 9.21 Å². The van der Waals surface area contributed by atoms with Crippen molar-refractivity contribution in [2.75, 3.05) is 33.2 Å². The maximum absolute atomic E-state index is 4.39. The van der Waals surface area contributed by atoms with Crippen LogP contribution in [0.5, 0.6) is 0 Å². The van der Waals surface area contributed by atoms with Crippen LogP contribution in [0.3, 0.4) is 0 Å². The second kappa shape index (κ2) is 2.96. The maximum atomic E-state index is 4.39. The molecule has 2 heterocycles. The molecule has 3 heteroatoms. The summed E-state index contributed by atoms with van der Waals surface area (Å²) in [5.41, 5.74) is 0. The summed E-state index contributed by atoms with van der Waals surface area (Å²) < 4.78 is 2.17. The smallest absolute Gasteiger partial charge is 0.0131 e. The zero-order valence-electron chi connectivity index (χ0n) is 7.03. The minimum absolute atomic E-state index is 0.895. The highest BCUT2D eigenvalue weighted by molar-refractivity contribution is 7.77. The van der Waals surface area contributed by atoms with Crippen molar-refractivity contribution >= 4 is 12.8 Å². The van der Waals surface area contributed by atoms with Gasteiger partial charge >= 0.3 is 0 Å². The molecule has 0 aromatic heterocycles. The zero-order chi connectivity index (χ0) is 7.84. The molecule has 0 aromatic carbocycles. The van der Waals surface area contributed by atoms with E-state index >= 15 is 0 Å². The Morgan fingerprint density at radius 2 is 1.91 bits per heavy atom. The normalized spacial score (nSPS) is 40.9. The van der Waals surface area contributed by atoms with Crippen molar-refractivity contribution < 1.29 is 0 Å².